The largest absolute Gasteiger partial charge is 0.484 e. The molecule has 10 heteroatoms. The minimum Gasteiger partial charge on any atom is -0.484 e. The fourth-order valence-corrected chi connectivity index (χ4v) is 2.67. The van der Waals surface area contributed by atoms with E-state index in [-0.39, 0.29) is 29.2 Å². The Kier molecular flexibility index (Phi) is 6.23. The van der Waals surface area contributed by atoms with E-state index in [0.29, 0.717) is 11.3 Å². The van der Waals surface area contributed by atoms with Crippen molar-refractivity contribution in [1.82, 2.24) is 15.3 Å². The van der Waals surface area contributed by atoms with Crippen LogP contribution in [0, 0.1) is 12.8 Å². The molecule has 2 amide bonds. The molecule has 1 saturated carbocycles. The van der Waals surface area contributed by atoms with Gasteiger partial charge in [0.1, 0.15) is 11.4 Å². The number of ether oxygens (including phenoxy) is 1. The number of nitrogens with zero attached hydrogens (tertiary/aromatic N) is 2. The molecule has 0 radical (unpaired) electrons. The molecule has 0 bridgehead atoms. The quantitative estimate of drug-likeness (QED) is 0.712. The van der Waals surface area contributed by atoms with Gasteiger partial charge in [0.05, 0.1) is 6.04 Å². The number of alkyl halides is 3. The highest BCUT2D eigenvalue weighted by Gasteiger charge is 2.30. The lowest BCUT2D eigenvalue weighted by molar-refractivity contribution is -0.153. The van der Waals surface area contributed by atoms with Gasteiger partial charge in [0, 0.05) is 11.6 Å². The van der Waals surface area contributed by atoms with Gasteiger partial charge in [0.15, 0.2) is 6.61 Å². The maximum atomic E-state index is 12.6. The van der Waals surface area contributed by atoms with Gasteiger partial charge in [-0.1, -0.05) is 12.1 Å². The number of rotatable bonds is 7. The van der Waals surface area contributed by atoms with Gasteiger partial charge < -0.3 is 10.1 Å². The van der Waals surface area contributed by atoms with Crippen LogP contribution < -0.4 is 15.4 Å². The van der Waals surface area contributed by atoms with Gasteiger partial charge in [0.2, 0.25) is 11.9 Å². The molecule has 1 atom stereocenters. The normalized spacial score (nSPS) is 14.7. The van der Waals surface area contributed by atoms with Crippen molar-refractivity contribution in [2.24, 2.45) is 5.92 Å². The van der Waals surface area contributed by atoms with Crippen LogP contribution in [0.15, 0.2) is 30.3 Å². The third kappa shape index (κ3) is 6.16. The monoisotopic (exact) mass is 422 g/mol. The standard InChI is InChI=1S/C20H21F3N4O3/c1-11-9-16(26-19(24-11)27-17(28)14-3-4-14)18(29)25-12(2)13-5-7-15(8-6-13)30-10-20(21,22)23/h5-9,12,14H,3-4,10H2,1-2H3,(H,25,29)(H,24,26,27,28). The van der Waals surface area contributed by atoms with Crippen LogP contribution in [0.5, 0.6) is 5.75 Å². The zero-order valence-electron chi connectivity index (χ0n) is 16.4. The molecule has 160 valence electrons. The van der Waals surface area contributed by atoms with E-state index in [4.69, 9.17) is 0 Å². The highest BCUT2D eigenvalue weighted by Crippen LogP contribution is 2.29. The minimum atomic E-state index is -4.41. The van der Waals surface area contributed by atoms with Gasteiger partial charge in [-0.15, -0.1) is 0 Å². The first-order valence-electron chi connectivity index (χ1n) is 9.37. The summed E-state index contributed by atoms with van der Waals surface area (Å²) < 4.78 is 41.3. The first kappa shape index (κ1) is 21.5. The molecule has 7 nitrogen and oxygen atoms in total. The smallest absolute Gasteiger partial charge is 0.422 e. The average molecular weight is 422 g/mol. The Labute approximate surface area is 171 Å². The third-order valence-corrected chi connectivity index (χ3v) is 4.40. The van der Waals surface area contributed by atoms with Crippen LogP contribution in [0.2, 0.25) is 0 Å². The topological polar surface area (TPSA) is 93.2 Å². The summed E-state index contributed by atoms with van der Waals surface area (Å²) in [6.07, 6.45) is -2.74. The molecular weight excluding hydrogens is 401 g/mol. The molecule has 1 aliphatic rings. The van der Waals surface area contributed by atoms with Gasteiger partial charge in [-0.25, -0.2) is 9.97 Å². The zero-order valence-corrected chi connectivity index (χ0v) is 16.4. The summed E-state index contributed by atoms with van der Waals surface area (Å²) in [5.74, 6) is -0.483. The van der Waals surface area contributed by atoms with Crippen molar-refractivity contribution in [3.05, 3.63) is 47.3 Å². The Morgan fingerprint density at radius 1 is 1.20 bits per heavy atom. The zero-order chi connectivity index (χ0) is 21.9. The van der Waals surface area contributed by atoms with E-state index in [1.165, 1.54) is 18.2 Å². The van der Waals surface area contributed by atoms with E-state index >= 15 is 0 Å². The highest BCUT2D eigenvalue weighted by molar-refractivity contribution is 5.95. The van der Waals surface area contributed by atoms with Crippen molar-refractivity contribution in [3.63, 3.8) is 0 Å². The van der Waals surface area contributed by atoms with E-state index in [2.05, 4.69) is 25.3 Å². The van der Waals surface area contributed by atoms with Gasteiger partial charge in [-0.3, -0.25) is 14.9 Å². The molecule has 3 rings (SSSR count). The second-order valence-corrected chi connectivity index (χ2v) is 7.15. The maximum Gasteiger partial charge on any atom is 0.422 e. The number of benzene rings is 1. The number of anilines is 1. The van der Waals surface area contributed by atoms with Crippen LogP contribution in [-0.4, -0.2) is 34.6 Å². The van der Waals surface area contributed by atoms with Crippen LogP contribution in [0.3, 0.4) is 0 Å². The number of amides is 2. The van der Waals surface area contributed by atoms with Crippen molar-refractivity contribution < 1.29 is 27.5 Å². The third-order valence-electron chi connectivity index (χ3n) is 4.40. The molecule has 2 aromatic rings. The Balaban J connectivity index is 1.62. The Bertz CT molecular complexity index is 928. The fraction of sp³-hybridized carbons (Fsp3) is 0.400. The molecule has 0 spiro atoms. The van der Waals surface area contributed by atoms with Gasteiger partial charge in [-0.05, 0) is 50.5 Å². The average Bonchev–Trinajstić information content (AvgIpc) is 3.51. The van der Waals surface area contributed by atoms with Crippen molar-refractivity contribution >= 4 is 17.8 Å². The lowest BCUT2D eigenvalue weighted by Gasteiger charge is -2.15. The van der Waals surface area contributed by atoms with Crippen LogP contribution >= 0.6 is 0 Å². The van der Waals surface area contributed by atoms with Gasteiger partial charge >= 0.3 is 6.18 Å². The molecule has 30 heavy (non-hydrogen) atoms. The summed E-state index contributed by atoms with van der Waals surface area (Å²) in [5, 5.41) is 5.39. The Hall–Kier alpha value is -3.17. The predicted octanol–water partition coefficient (Wildman–Crippen LogP) is 3.57. The lowest BCUT2D eigenvalue weighted by atomic mass is 10.1. The number of hydrogen-bond acceptors (Lipinski definition) is 5. The number of hydrogen-bond donors (Lipinski definition) is 2. The van der Waals surface area contributed by atoms with Crippen LogP contribution in [0.25, 0.3) is 0 Å². The molecule has 1 unspecified atom stereocenters. The molecule has 1 aliphatic carbocycles. The van der Waals surface area contributed by atoms with E-state index in [1.54, 1.807) is 26.0 Å². The summed E-state index contributed by atoms with van der Waals surface area (Å²) in [7, 11) is 0. The number of halogens is 3. The van der Waals surface area contributed by atoms with E-state index < -0.39 is 24.7 Å². The number of nitrogens with one attached hydrogen (secondary N) is 2. The van der Waals surface area contributed by atoms with Crippen molar-refractivity contribution in [2.75, 3.05) is 11.9 Å². The SMILES string of the molecule is Cc1cc(C(=O)NC(C)c2ccc(OCC(F)(F)F)cc2)nc(NC(=O)C2CC2)n1. The van der Waals surface area contributed by atoms with E-state index in [1.807, 2.05) is 0 Å². The van der Waals surface area contributed by atoms with E-state index in [9.17, 15) is 22.8 Å². The number of carbonyl (C=O) groups is 2. The maximum absolute atomic E-state index is 12.6. The first-order valence-corrected chi connectivity index (χ1v) is 9.37. The molecule has 2 N–H and O–H groups in total. The molecule has 1 heterocycles. The predicted molar refractivity (Wildman–Crippen MR) is 102 cm³/mol. The molecule has 1 fully saturated rings. The van der Waals surface area contributed by atoms with Gasteiger partial charge in [-0.2, -0.15) is 13.2 Å². The molecular formula is C20H21F3N4O3. The summed E-state index contributed by atoms with van der Waals surface area (Å²) in [5.41, 5.74) is 1.31. The van der Waals surface area contributed by atoms with Crippen LogP contribution in [-0.2, 0) is 4.79 Å². The molecule has 1 aromatic heterocycles. The molecule has 1 aromatic carbocycles. The summed E-state index contributed by atoms with van der Waals surface area (Å²) >= 11 is 0. The fourth-order valence-electron chi connectivity index (χ4n) is 2.67. The van der Waals surface area contributed by atoms with Gasteiger partial charge in [0.25, 0.3) is 5.91 Å². The number of aryl methyl sites for hydroxylation is 1. The summed E-state index contributed by atoms with van der Waals surface area (Å²) in [6.45, 7) is 2.05. The van der Waals surface area contributed by atoms with Crippen LogP contribution in [0.4, 0.5) is 19.1 Å². The Morgan fingerprint density at radius 2 is 1.87 bits per heavy atom. The lowest BCUT2D eigenvalue weighted by Crippen LogP contribution is -2.28. The minimum absolute atomic E-state index is 0.0190. The van der Waals surface area contributed by atoms with Crippen molar-refractivity contribution in [2.45, 2.75) is 38.9 Å². The highest BCUT2D eigenvalue weighted by atomic mass is 19.4. The first-order chi connectivity index (χ1) is 14.1. The molecule has 0 aliphatic heterocycles. The Morgan fingerprint density at radius 3 is 2.47 bits per heavy atom. The summed E-state index contributed by atoms with van der Waals surface area (Å²) in [4.78, 5) is 32.7. The van der Waals surface area contributed by atoms with Crippen molar-refractivity contribution in [1.29, 1.82) is 0 Å². The number of carbonyl (C=O) groups excluding carboxylic acids is 2. The van der Waals surface area contributed by atoms with Crippen LogP contribution in [0.1, 0.15) is 47.6 Å². The van der Waals surface area contributed by atoms with Crippen molar-refractivity contribution in [3.8, 4) is 5.75 Å². The number of aromatic nitrogens is 2. The second kappa shape index (κ2) is 8.68. The second-order valence-electron chi connectivity index (χ2n) is 7.15. The molecule has 0 saturated heterocycles. The summed E-state index contributed by atoms with van der Waals surface area (Å²) in [6, 6.07) is 7.03. The van der Waals surface area contributed by atoms with E-state index in [0.717, 1.165) is 12.8 Å².